The van der Waals surface area contributed by atoms with Crippen LogP contribution in [0.4, 0.5) is 5.95 Å². The highest BCUT2D eigenvalue weighted by molar-refractivity contribution is 7.98. The van der Waals surface area contributed by atoms with E-state index in [-0.39, 0.29) is 4.90 Å². The van der Waals surface area contributed by atoms with Crippen LogP contribution in [0.2, 0.25) is 0 Å². The number of thioether (sulfide) groups is 1. The van der Waals surface area contributed by atoms with E-state index in [4.69, 9.17) is 0 Å². The second-order valence-electron chi connectivity index (χ2n) is 8.06. The van der Waals surface area contributed by atoms with Gasteiger partial charge in [0.15, 0.2) is 20.8 Å². The summed E-state index contributed by atoms with van der Waals surface area (Å²) in [6, 6.07) is 16.6. The van der Waals surface area contributed by atoms with Gasteiger partial charge in [0, 0.05) is 19.3 Å². The lowest BCUT2D eigenvalue weighted by molar-refractivity contribution is 0.564. The molecular formula is C22H24N8O2S2. The van der Waals surface area contributed by atoms with Crippen molar-refractivity contribution in [1.82, 2.24) is 35.0 Å². The Morgan fingerprint density at radius 2 is 1.62 bits per heavy atom. The quantitative estimate of drug-likeness (QED) is 0.356. The molecule has 2 aromatic heterocycles. The van der Waals surface area contributed by atoms with E-state index < -0.39 is 9.84 Å². The summed E-state index contributed by atoms with van der Waals surface area (Å²) in [5.41, 5.74) is 1.69. The third kappa shape index (κ3) is 4.68. The van der Waals surface area contributed by atoms with E-state index in [0.717, 1.165) is 42.7 Å². The average molecular weight is 497 g/mol. The molecule has 1 aliphatic rings. The normalized spacial score (nSPS) is 14.4. The Morgan fingerprint density at radius 3 is 2.32 bits per heavy atom. The van der Waals surface area contributed by atoms with E-state index in [1.807, 2.05) is 30.3 Å². The zero-order valence-electron chi connectivity index (χ0n) is 18.6. The molecule has 0 aliphatic carbocycles. The molecule has 1 fully saturated rings. The fraction of sp³-hybridized carbons (Fsp3) is 0.318. The van der Waals surface area contributed by atoms with Gasteiger partial charge in [0.2, 0.25) is 5.95 Å². The van der Waals surface area contributed by atoms with Crippen molar-refractivity contribution in [1.29, 1.82) is 0 Å². The number of piperidine rings is 1. The van der Waals surface area contributed by atoms with Crippen molar-refractivity contribution in [3.05, 3.63) is 60.4 Å². The van der Waals surface area contributed by atoms with Gasteiger partial charge in [-0.15, -0.1) is 15.3 Å². The maximum Gasteiger partial charge on any atom is 0.232 e. The van der Waals surface area contributed by atoms with Gasteiger partial charge in [0.1, 0.15) is 0 Å². The zero-order valence-corrected chi connectivity index (χ0v) is 20.3. The summed E-state index contributed by atoms with van der Waals surface area (Å²) in [5.74, 6) is 1.94. The summed E-state index contributed by atoms with van der Waals surface area (Å²) >= 11 is 1.50. The number of rotatable bonds is 7. The summed E-state index contributed by atoms with van der Waals surface area (Å²) in [4.78, 5) is 2.54. The number of anilines is 1. The first kappa shape index (κ1) is 22.5. The molecule has 3 heterocycles. The van der Waals surface area contributed by atoms with Gasteiger partial charge in [-0.3, -0.25) is 4.57 Å². The van der Waals surface area contributed by atoms with E-state index in [1.165, 1.54) is 24.4 Å². The first-order chi connectivity index (χ1) is 16.5. The SMILES string of the molecule is CS(=O)(=O)c1ccc(-n2nnnc2CSc2nnc(N3CCCCC3)n2-c2ccccc2)cc1. The second-order valence-corrected chi connectivity index (χ2v) is 11.0. The average Bonchev–Trinajstić information content (AvgIpc) is 3.50. The van der Waals surface area contributed by atoms with Gasteiger partial charge < -0.3 is 4.90 Å². The number of para-hydroxylation sites is 1. The van der Waals surface area contributed by atoms with Crippen LogP contribution < -0.4 is 4.90 Å². The molecular weight excluding hydrogens is 472 g/mol. The summed E-state index contributed by atoms with van der Waals surface area (Å²) < 4.78 is 27.2. The standard InChI is InChI=1S/C22H24N8O2S2/c1-34(31,32)19-12-10-18(11-13-19)30-20(23-26-27-30)16-33-22-25-24-21(28-14-6-3-7-15-28)29(22)17-8-4-2-5-9-17/h2,4-5,8-13H,3,6-7,14-16H2,1H3. The monoisotopic (exact) mass is 496 g/mol. The molecule has 0 bridgehead atoms. The maximum atomic E-state index is 11.8. The Labute approximate surface area is 201 Å². The van der Waals surface area contributed by atoms with Crippen molar-refractivity contribution in [2.24, 2.45) is 0 Å². The van der Waals surface area contributed by atoms with Crippen LogP contribution in [0.5, 0.6) is 0 Å². The molecule has 0 unspecified atom stereocenters. The molecule has 0 spiro atoms. The van der Waals surface area contributed by atoms with Crippen molar-refractivity contribution < 1.29 is 8.42 Å². The number of benzene rings is 2. The number of aromatic nitrogens is 7. The molecule has 10 nitrogen and oxygen atoms in total. The highest BCUT2D eigenvalue weighted by Crippen LogP contribution is 2.30. The highest BCUT2D eigenvalue weighted by atomic mass is 32.2. The van der Waals surface area contributed by atoms with E-state index in [2.05, 4.69) is 35.2 Å². The van der Waals surface area contributed by atoms with Gasteiger partial charge in [-0.05, 0) is 66.1 Å². The summed E-state index contributed by atoms with van der Waals surface area (Å²) in [5, 5.41) is 21.9. The van der Waals surface area contributed by atoms with Crippen molar-refractivity contribution in [2.45, 2.75) is 35.1 Å². The molecule has 34 heavy (non-hydrogen) atoms. The molecule has 176 valence electrons. The van der Waals surface area contributed by atoms with Crippen LogP contribution in [0.3, 0.4) is 0 Å². The lowest BCUT2D eigenvalue weighted by atomic mass is 10.1. The van der Waals surface area contributed by atoms with Crippen molar-refractivity contribution in [3.63, 3.8) is 0 Å². The molecule has 0 radical (unpaired) electrons. The van der Waals surface area contributed by atoms with Gasteiger partial charge in [-0.2, -0.15) is 4.68 Å². The minimum atomic E-state index is -3.27. The predicted octanol–water partition coefficient (Wildman–Crippen LogP) is 2.93. The first-order valence-electron chi connectivity index (χ1n) is 11.0. The Kier molecular flexibility index (Phi) is 6.33. The molecule has 12 heteroatoms. The van der Waals surface area contributed by atoms with Gasteiger partial charge in [-0.25, -0.2) is 8.42 Å². The molecule has 0 amide bonds. The smallest absolute Gasteiger partial charge is 0.232 e. The topological polar surface area (TPSA) is 112 Å². The third-order valence-electron chi connectivity index (χ3n) is 5.64. The zero-order chi connectivity index (χ0) is 23.5. The van der Waals surface area contributed by atoms with Crippen LogP contribution in [-0.2, 0) is 15.6 Å². The van der Waals surface area contributed by atoms with Crippen molar-refractivity contribution in [2.75, 3.05) is 24.2 Å². The van der Waals surface area contributed by atoms with Crippen LogP contribution in [0.15, 0.2) is 64.6 Å². The molecule has 5 rings (SSSR count). The van der Waals surface area contributed by atoms with Crippen LogP contribution in [0.1, 0.15) is 25.1 Å². The largest absolute Gasteiger partial charge is 0.341 e. The number of tetrazole rings is 1. The predicted molar refractivity (Wildman–Crippen MR) is 129 cm³/mol. The minimum absolute atomic E-state index is 0.251. The van der Waals surface area contributed by atoms with Gasteiger partial charge in [-0.1, -0.05) is 30.0 Å². The number of hydrogen-bond acceptors (Lipinski definition) is 9. The van der Waals surface area contributed by atoms with Crippen LogP contribution in [0.25, 0.3) is 11.4 Å². The lowest BCUT2D eigenvalue weighted by Gasteiger charge is -2.27. The molecule has 0 atom stereocenters. The molecule has 1 saturated heterocycles. The van der Waals surface area contributed by atoms with Gasteiger partial charge >= 0.3 is 0 Å². The van der Waals surface area contributed by atoms with Crippen LogP contribution in [0, 0.1) is 0 Å². The van der Waals surface area contributed by atoms with Crippen molar-refractivity contribution >= 4 is 27.5 Å². The molecule has 2 aromatic carbocycles. The van der Waals surface area contributed by atoms with E-state index in [0.29, 0.717) is 17.3 Å². The molecule has 4 aromatic rings. The first-order valence-corrected chi connectivity index (χ1v) is 13.8. The Morgan fingerprint density at radius 1 is 0.882 bits per heavy atom. The number of hydrogen-bond donors (Lipinski definition) is 0. The lowest BCUT2D eigenvalue weighted by Crippen LogP contribution is -2.31. The van der Waals surface area contributed by atoms with Crippen LogP contribution >= 0.6 is 11.8 Å². The summed E-state index contributed by atoms with van der Waals surface area (Å²) in [7, 11) is -3.27. The second kappa shape index (κ2) is 9.55. The maximum absolute atomic E-state index is 11.8. The Balaban J connectivity index is 1.41. The fourth-order valence-corrected chi connectivity index (χ4v) is 5.40. The van der Waals surface area contributed by atoms with Crippen LogP contribution in [-0.4, -0.2) is 62.7 Å². The summed E-state index contributed by atoms with van der Waals surface area (Å²) in [6.07, 6.45) is 4.72. The van der Waals surface area contributed by atoms with E-state index in [9.17, 15) is 8.42 Å². The van der Waals surface area contributed by atoms with Gasteiger partial charge in [0.25, 0.3) is 0 Å². The number of nitrogens with zero attached hydrogens (tertiary/aromatic N) is 8. The minimum Gasteiger partial charge on any atom is -0.341 e. The molecule has 1 aliphatic heterocycles. The fourth-order valence-electron chi connectivity index (χ4n) is 3.92. The van der Waals surface area contributed by atoms with Gasteiger partial charge in [0.05, 0.1) is 22.0 Å². The van der Waals surface area contributed by atoms with E-state index >= 15 is 0 Å². The Bertz CT molecular complexity index is 1360. The van der Waals surface area contributed by atoms with Crippen molar-refractivity contribution in [3.8, 4) is 11.4 Å². The van der Waals surface area contributed by atoms with E-state index in [1.54, 1.807) is 28.9 Å². The molecule has 0 N–H and O–H groups in total. The molecule has 0 saturated carbocycles. The Hall–Kier alpha value is -3.25. The highest BCUT2D eigenvalue weighted by Gasteiger charge is 2.22. The summed E-state index contributed by atoms with van der Waals surface area (Å²) in [6.45, 7) is 1.94. The third-order valence-corrected chi connectivity index (χ3v) is 7.70. The number of sulfone groups is 1.